The quantitative estimate of drug-likeness (QED) is 0.652. The lowest BCUT2D eigenvalue weighted by Gasteiger charge is -1.94. The largest absolute Gasteiger partial charge is 0.478 e. The Morgan fingerprint density at radius 3 is 2.36 bits per heavy atom. The van der Waals surface area contributed by atoms with Crippen molar-refractivity contribution in [3.8, 4) is 11.8 Å². The molecule has 1 aromatic rings. The van der Waals surface area contributed by atoms with Gasteiger partial charge in [-0.25, -0.2) is 4.79 Å². The summed E-state index contributed by atoms with van der Waals surface area (Å²) >= 11 is 0. The van der Waals surface area contributed by atoms with Crippen LogP contribution in [0.1, 0.15) is 22.8 Å². The van der Waals surface area contributed by atoms with Gasteiger partial charge in [-0.3, -0.25) is 0 Å². The lowest BCUT2D eigenvalue weighted by molar-refractivity contribution is 0.0697. The Labute approximate surface area is 82.0 Å². The number of rotatable bonds is 1. The summed E-state index contributed by atoms with van der Waals surface area (Å²) < 4.78 is 0. The van der Waals surface area contributed by atoms with Crippen LogP contribution in [-0.2, 0) is 0 Å². The van der Waals surface area contributed by atoms with Gasteiger partial charge >= 0.3 is 5.97 Å². The molecule has 0 aliphatic carbocycles. The fourth-order valence-electron chi connectivity index (χ4n) is 0.884. The number of aliphatic hydroxyl groups excluding tert-OH is 1. The highest BCUT2D eigenvalue weighted by Crippen LogP contribution is 2.02. The number of hydrogen-bond acceptors (Lipinski definition) is 2. The monoisotopic (exact) mass is 190 g/mol. The van der Waals surface area contributed by atoms with Crippen LogP contribution in [0.25, 0.3) is 0 Å². The Bertz CT molecular complexity index is 379. The van der Waals surface area contributed by atoms with Crippen LogP contribution in [0.5, 0.6) is 0 Å². The molecule has 1 atom stereocenters. The van der Waals surface area contributed by atoms with Gasteiger partial charge in [0.05, 0.1) is 5.56 Å². The molecule has 0 bridgehead atoms. The predicted molar refractivity (Wildman–Crippen MR) is 52.0 cm³/mol. The van der Waals surface area contributed by atoms with Crippen molar-refractivity contribution in [1.82, 2.24) is 0 Å². The van der Waals surface area contributed by atoms with Crippen LogP contribution in [0.4, 0.5) is 0 Å². The topological polar surface area (TPSA) is 57.5 Å². The third-order valence-corrected chi connectivity index (χ3v) is 1.56. The van der Waals surface area contributed by atoms with Crippen molar-refractivity contribution in [2.45, 2.75) is 13.0 Å². The Morgan fingerprint density at radius 2 is 1.93 bits per heavy atom. The first-order valence-corrected chi connectivity index (χ1v) is 4.12. The van der Waals surface area contributed by atoms with Gasteiger partial charge in [-0.1, -0.05) is 11.8 Å². The zero-order valence-electron chi connectivity index (χ0n) is 7.69. The summed E-state index contributed by atoms with van der Waals surface area (Å²) in [6.45, 7) is 1.57. The molecular formula is C11H10O3. The Balaban J connectivity index is 2.85. The van der Waals surface area contributed by atoms with Gasteiger partial charge in [-0.15, -0.1) is 0 Å². The van der Waals surface area contributed by atoms with Gasteiger partial charge in [0.2, 0.25) is 0 Å². The second-order valence-electron chi connectivity index (χ2n) is 2.83. The zero-order valence-corrected chi connectivity index (χ0v) is 7.69. The molecule has 0 aliphatic rings. The van der Waals surface area contributed by atoms with E-state index >= 15 is 0 Å². The summed E-state index contributed by atoms with van der Waals surface area (Å²) in [6, 6.07) is 6.18. The van der Waals surface area contributed by atoms with Gasteiger partial charge in [0.15, 0.2) is 0 Å². The zero-order chi connectivity index (χ0) is 10.6. The van der Waals surface area contributed by atoms with Crippen molar-refractivity contribution in [1.29, 1.82) is 0 Å². The van der Waals surface area contributed by atoms with Crippen molar-refractivity contribution < 1.29 is 15.0 Å². The summed E-state index contributed by atoms with van der Waals surface area (Å²) in [5.74, 6) is 4.33. The number of aliphatic hydroxyl groups is 1. The average molecular weight is 190 g/mol. The number of carbonyl (C=O) groups is 1. The molecule has 0 saturated carbocycles. The van der Waals surface area contributed by atoms with Gasteiger partial charge in [-0.05, 0) is 31.2 Å². The number of hydrogen-bond donors (Lipinski definition) is 2. The van der Waals surface area contributed by atoms with Gasteiger partial charge < -0.3 is 10.2 Å². The fraction of sp³-hybridized carbons (Fsp3) is 0.182. The first-order chi connectivity index (χ1) is 6.59. The first kappa shape index (κ1) is 10.3. The summed E-state index contributed by atoms with van der Waals surface area (Å²) in [4.78, 5) is 10.5. The van der Waals surface area contributed by atoms with E-state index in [0.29, 0.717) is 5.56 Å². The summed E-state index contributed by atoms with van der Waals surface area (Å²) in [6.07, 6.45) is -0.672. The molecule has 0 radical (unpaired) electrons. The molecule has 2 N–H and O–H groups in total. The summed E-state index contributed by atoms with van der Waals surface area (Å²) in [5, 5.41) is 17.5. The number of carboxylic acids is 1. The van der Waals surface area contributed by atoms with E-state index in [9.17, 15) is 4.79 Å². The normalized spacial score (nSPS) is 11.3. The molecule has 0 spiro atoms. The van der Waals surface area contributed by atoms with E-state index in [4.69, 9.17) is 10.2 Å². The molecule has 0 aromatic heterocycles. The Hall–Kier alpha value is -1.79. The maximum absolute atomic E-state index is 10.5. The molecular weight excluding hydrogens is 180 g/mol. The SMILES string of the molecule is C[C@H](O)C#Cc1ccc(C(=O)O)cc1. The minimum atomic E-state index is -0.958. The smallest absolute Gasteiger partial charge is 0.335 e. The molecule has 72 valence electrons. The van der Waals surface area contributed by atoms with Crippen LogP contribution in [0.2, 0.25) is 0 Å². The van der Waals surface area contributed by atoms with Crippen molar-refractivity contribution in [3.05, 3.63) is 35.4 Å². The van der Waals surface area contributed by atoms with Crippen LogP contribution in [0.15, 0.2) is 24.3 Å². The minimum Gasteiger partial charge on any atom is -0.478 e. The van der Waals surface area contributed by atoms with E-state index in [2.05, 4.69) is 11.8 Å². The molecule has 0 heterocycles. The third kappa shape index (κ3) is 2.92. The molecule has 0 aliphatic heterocycles. The van der Waals surface area contributed by atoms with Crippen LogP contribution in [-0.4, -0.2) is 22.3 Å². The van der Waals surface area contributed by atoms with Crippen LogP contribution < -0.4 is 0 Å². The van der Waals surface area contributed by atoms with Gasteiger partial charge in [0.1, 0.15) is 6.10 Å². The molecule has 14 heavy (non-hydrogen) atoms. The molecule has 0 amide bonds. The number of carboxylic acid groups (broad SMARTS) is 1. The van der Waals surface area contributed by atoms with Crippen LogP contribution in [0.3, 0.4) is 0 Å². The van der Waals surface area contributed by atoms with Crippen LogP contribution in [0, 0.1) is 11.8 Å². The molecule has 0 unspecified atom stereocenters. The molecule has 1 rings (SSSR count). The molecule has 0 saturated heterocycles. The maximum atomic E-state index is 10.5. The highest BCUT2D eigenvalue weighted by atomic mass is 16.4. The molecule has 3 heteroatoms. The van der Waals surface area contributed by atoms with Gasteiger partial charge in [-0.2, -0.15) is 0 Å². The fourth-order valence-corrected chi connectivity index (χ4v) is 0.884. The lowest BCUT2D eigenvalue weighted by Crippen LogP contribution is -1.95. The summed E-state index contributed by atoms with van der Waals surface area (Å²) in [5.41, 5.74) is 0.920. The van der Waals surface area contributed by atoms with Crippen LogP contribution >= 0.6 is 0 Å². The van der Waals surface area contributed by atoms with E-state index in [0.717, 1.165) is 0 Å². The maximum Gasteiger partial charge on any atom is 0.335 e. The average Bonchev–Trinajstić information content (AvgIpc) is 2.15. The van der Waals surface area contributed by atoms with E-state index in [1.807, 2.05) is 0 Å². The first-order valence-electron chi connectivity index (χ1n) is 4.12. The standard InChI is InChI=1S/C11H10O3/c1-8(12)2-3-9-4-6-10(7-5-9)11(13)14/h4-8,12H,1H3,(H,13,14)/t8-/m0/s1. The summed E-state index contributed by atoms with van der Waals surface area (Å²) in [7, 11) is 0. The van der Waals surface area contributed by atoms with Crippen molar-refractivity contribution in [3.63, 3.8) is 0 Å². The second kappa shape index (κ2) is 4.45. The second-order valence-corrected chi connectivity index (χ2v) is 2.83. The molecule has 0 fully saturated rings. The Morgan fingerprint density at radius 1 is 1.36 bits per heavy atom. The lowest BCUT2D eigenvalue weighted by atomic mass is 10.1. The van der Waals surface area contributed by atoms with E-state index in [-0.39, 0.29) is 5.56 Å². The highest BCUT2D eigenvalue weighted by molar-refractivity contribution is 5.87. The van der Waals surface area contributed by atoms with E-state index in [1.54, 1.807) is 19.1 Å². The van der Waals surface area contributed by atoms with E-state index < -0.39 is 12.1 Å². The van der Waals surface area contributed by atoms with Crippen molar-refractivity contribution in [2.24, 2.45) is 0 Å². The van der Waals surface area contributed by atoms with Crippen molar-refractivity contribution in [2.75, 3.05) is 0 Å². The highest BCUT2D eigenvalue weighted by Gasteiger charge is 1.99. The van der Waals surface area contributed by atoms with E-state index in [1.165, 1.54) is 12.1 Å². The molecule has 1 aromatic carbocycles. The predicted octanol–water partition coefficient (Wildman–Crippen LogP) is 1.12. The number of benzene rings is 1. The van der Waals surface area contributed by atoms with Gasteiger partial charge in [0.25, 0.3) is 0 Å². The number of aromatic carboxylic acids is 1. The Kier molecular flexibility index (Phi) is 3.27. The van der Waals surface area contributed by atoms with Gasteiger partial charge in [0, 0.05) is 5.56 Å². The van der Waals surface area contributed by atoms with Crippen molar-refractivity contribution >= 4 is 5.97 Å². The third-order valence-electron chi connectivity index (χ3n) is 1.56. The molecule has 3 nitrogen and oxygen atoms in total. The minimum absolute atomic E-state index is 0.229.